The first kappa shape index (κ1) is 7.70. The Morgan fingerprint density at radius 3 is 3.14 bits per heavy atom. The second-order valence-electron chi connectivity index (χ2n) is 3.34. The molecule has 1 N–H and O–H groups in total. The maximum atomic E-state index is 4.34. The Labute approximate surface area is 81.6 Å². The zero-order valence-corrected chi connectivity index (χ0v) is 7.64. The van der Waals surface area contributed by atoms with Crippen molar-refractivity contribution in [3.63, 3.8) is 0 Å². The number of fused-ring (bicyclic) bond motifs is 1. The van der Waals surface area contributed by atoms with Crippen molar-refractivity contribution in [3.05, 3.63) is 42.0 Å². The minimum absolute atomic E-state index is 0.893. The lowest BCUT2D eigenvalue weighted by molar-refractivity contribution is 0.710. The zero-order chi connectivity index (χ0) is 9.38. The number of nitrogens with zero attached hydrogens (tertiary/aromatic N) is 3. The van der Waals surface area contributed by atoms with Gasteiger partial charge in [0, 0.05) is 24.8 Å². The van der Waals surface area contributed by atoms with E-state index in [1.807, 2.05) is 29.2 Å². The molecule has 0 aromatic carbocycles. The van der Waals surface area contributed by atoms with Crippen LogP contribution in [0.1, 0.15) is 11.3 Å². The predicted molar refractivity (Wildman–Crippen MR) is 51.9 cm³/mol. The average Bonchev–Trinajstić information content (AvgIpc) is 2.79. The fourth-order valence-electron chi connectivity index (χ4n) is 1.76. The van der Waals surface area contributed by atoms with E-state index < -0.39 is 0 Å². The van der Waals surface area contributed by atoms with Gasteiger partial charge in [0.25, 0.3) is 0 Å². The Morgan fingerprint density at radius 1 is 1.29 bits per heavy atom. The molecule has 2 aromatic heterocycles. The summed E-state index contributed by atoms with van der Waals surface area (Å²) in [5.74, 6) is 0. The van der Waals surface area contributed by atoms with Gasteiger partial charge in [-0.3, -0.25) is 4.98 Å². The molecule has 0 aliphatic carbocycles. The highest BCUT2D eigenvalue weighted by molar-refractivity contribution is 5.34. The number of pyridine rings is 1. The van der Waals surface area contributed by atoms with Gasteiger partial charge in [-0.05, 0) is 12.1 Å². The SMILES string of the molecule is c1cncc(-n2ncc3c2CNC3)c1. The van der Waals surface area contributed by atoms with E-state index in [0.717, 1.165) is 18.8 Å². The van der Waals surface area contributed by atoms with Crippen molar-refractivity contribution >= 4 is 0 Å². The molecule has 4 heteroatoms. The molecule has 0 saturated heterocycles. The Balaban J connectivity index is 2.13. The highest BCUT2D eigenvalue weighted by atomic mass is 15.3. The first-order valence-corrected chi connectivity index (χ1v) is 4.62. The summed E-state index contributed by atoms with van der Waals surface area (Å²) in [6.07, 6.45) is 5.51. The van der Waals surface area contributed by atoms with Gasteiger partial charge in [-0.2, -0.15) is 5.10 Å². The van der Waals surface area contributed by atoms with Crippen LogP contribution in [0.4, 0.5) is 0 Å². The summed E-state index contributed by atoms with van der Waals surface area (Å²) in [4.78, 5) is 4.08. The molecule has 0 bridgehead atoms. The summed E-state index contributed by atoms with van der Waals surface area (Å²) in [5, 5.41) is 7.64. The van der Waals surface area contributed by atoms with Crippen molar-refractivity contribution in [1.82, 2.24) is 20.1 Å². The van der Waals surface area contributed by atoms with Crippen LogP contribution in [0.2, 0.25) is 0 Å². The number of rotatable bonds is 1. The number of aromatic nitrogens is 3. The van der Waals surface area contributed by atoms with Crippen LogP contribution in [0.5, 0.6) is 0 Å². The van der Waals surface area contributed by atoms with E-state index in [4.69, 9.17) is 0 Å². The molecule has 0 saturated carbocycles. The summed E-state index contributed by atoms with van der Waals surface area (Å²) in [6.45, 7) is 1.82. The van der Waals surface area contributed by atoms with Crippen molar-refractivity contribution in [1.29, 1.82) is 0 Å². The van der Waals surface area contributed by atoms with Gasteiger partial charge >= 0.3 is 0 Å². The van der Waals surface area contributed by atoms with Gasteiger partial charge < -0.3 is 5.32 Å². The maximum absolute atomic E-state index is 4.34. The van der Waals surface area contributed by atoms with Crippen molar-refractivity contribution in [2.24, 2.45) is 0 Å². The molecule has 1 aliphatic rings. The Morgan fingerprint density at radius 2 is 2.29 bits per heavy atom. The number of nitrogens with one attached hydrogen (secondary N) is 1. The van der Waals surface area contributed by atoms with Gasteiger partial charge in [-0.15, -0.1) is 0 Å². The highest BCUT2D eigenvalue weighted by Gasteiger charge is 2.16. The van der Waals surface area contributed by atoms with Gasteiger partial charge in [-0.1, -0.05) is 0 Å². The van der Waals surface area contributed by atoms with Crippen molar-refractivity contribution in [2.75, 3.05) is 0 Å². The van der Waals surface area contributed by atoms with E-state index in [1.54, 1.807) is 6.20 Å². The largest absolute Gasteiger partial charge is 0.307 e. The van der Waals surface area contributed by atoms with Crippen molar-refractivity contribution in [2.45, 2.75) is 13.1 Å². The molecule has 0 spiro atoms. The third-order valence-corrected chi connectivity index (χ3v) is 2.45. The standard InChI is InChI=1S/C10H10N4/c1-2-9(6-11-3-1)14-10-7-12-4-8(10)5-13-14/h1-3,5-6,12H,4,7H2. The van der Waals surface area contributed by atoms with Gasteiger partial charge in [0.2, 0.25) is 0 Å². The number of hydrogen-bond acceptors (Lipinski definition) is 3. The lowest BCUT2D eigenvalue weighted by Gasteiger charge is -2.03. The zero-order valence-electron chi connectivity index (χ0n) is 7.64. The van der Waals surface area contributed by atoms with E-state index in [0.29, 0.717) is 0 Å². The second kappa shape index (κ2) is 2.92. The molecule has 70 valence electrons. The monoisotopic (exact) mass is 186 g/mol. The fraction of sp³-hybridized carbons (Fsp3) is 0.200. The Bertz CT molecular complexity index is 446. The summed E-state index contributed by atoms with van der Waals surface area (Å²) >= 11 is 0. The minimum atomic E-state index is 0.893. The number of hydrogen-bond donors (Lipinski definition) is 1. The van der Waals surface area contributed by atoms with Crippen molar-refractivity contribution in [3.8, 4) is 5.69 Å². The normalized spacial score (nSPS) is 14.3. The van der Waals surface area contributed by atoms with Gasteiger partial charge in [0.15, 0.2) is 0 Å². The second-order valence-corrected chi connectivity index (χ2v) is 3.34. The van der Waals surface area contributed by atoms with Crippen LogP contribution in [0.15, 0.2) is 30.7 Å². The van der Waals surface area contributed by atoms with Crippen LogP contribution in [-0.4, -0.2) is 14.8 Å². The van der Waals surface area contributed by atoms with Crippen molar-refractivity contribution < 1.29 is 0 Å². The molecule has 14 heavy (non-hydrogen) atoms. The smallest absolute Gasteiger partial charge is 0.0832 e. The molecule has 0 unspecified atom stereocenters. The van der Waals surface area contributed by atoms with Crippen LogP contribution in [0.25, 0.3) is 5.69 Å². The molecule has 4 nitrogen and oxygen atoms in total. The topological polar surface area (TPSA) is 42.7 Å². The third kappa shape index (κ3) is 1.04. The van der Waals surface area contributed by atoms with Crippen LogP contribution >= 0.6 is 0 Å². The van der Waals surface area contributed by atoms with E-state index in [2.05, 4.69) is 15.4 Å². The first-order valence-electron chi connectivity index (χ1n) is 4.62. The molecule has 3 heterocycles. The summed E-state index contributed by atoms with van der Waals surface area (Å²) in [6, 6.07) is 3.93. The molecule has 1 aliphatic heterocycles. The lowest BCUT2D eigenvalue weighted by atomic mass is 10.3. The van der Waals surface area contributed by atoms with E-state index in [9.17, 15) is 0 Å². The van der Waals surface area contributed by atoms with E-state index >= 15 is 0 Å². The average molecular weight is 186 g/mol. The molecule has 0 atom stereocenters. The molecular weight excluding hydrogens is 176 g/mol. The van der Waals surface area contributed by atoms with Crippen LogP contribution in [0, 0.1) is 0 Å². The van der Waals surface area contributed by atoms with Crippen LogP contribution < -0.4 is 5.32 Å². The molecule has 0 amide bonds. The van der Waals surface area contributed by atoms with E-state index in [-0.39, 0.29) is 0 Å². The Kier molecular flexibility index (Phi) is 1.61. The quantitative estimate of drug-likeness (QED) is 0.718. The third-order valence-electron chi connectivity index (χ3n) is 2.45. The highest BCUT2D eigenvalue weighted by Crippen LogP contribution is 2.17. The summed E-state index contributed by atoms with van der Waals surface area (Å²) in [5.41, 5.74) is 3.56. The minimum Gasteiger partial charge on any atom is -0.307 e. The van der Waals surface area contributed by atoms with Gasteiger partial charge in [0.1, 0.15) is 0 Å². The maximum Gasteiger partial charge on any atom is 0.0832 e. The van der Waals surface area contributed by atoms with Crippen LogP contribution in [0.3, 0.4) is 0 Å². The van der Waals surface area contributed by atoms with Gasteiger partial charge in [-0.25, -0.2) is 4.68 Å². The fourth-order valence-corrected chi connectivity index (χ4v) is 1.76. The van der Waals surface area contributed by atoms with E-state index in [1.165, 1.54) is 11.3 Å². The van der Waals surface area contributed by atoms with Crippen LogP contribution in [-0.2, 0) is 13.1 Å². The van der Waals surface area contributed by atoms with Gasteiger partial charge in [0.05, 0.1) is 23.8 Å². The Hall–Kier alpha value is -1.68. The molecule has 2 aromatic rings. The first-order chi connectivity index (χ1) is 6.95. The molecule has 0 radical (unpaired) electrons. The predicted octanol–water partition coefficient (Wildman–Crippen LogP) is 0.870. The summed E-state index contributed by atoms with van der Waals surface area (Å²) in [7, 11) is 0. The lowest BCUT2D eigenvalue weighted by Crippen LogP contribution is -2.07. The summed E-state index contributed by atoms with van der Waals surface area (Å²) < 4.78 is 1.95. The molecular formula is C10H10N4. The molecule has 0 fully saturated rings. The molecule has 3 rings (SSSR count).